The van der Waals surface area contributed by atoms with E-state index in [0.717, 1.165) is 0 Å². The van der Waals surface area contributed by atoms with E-state index < -0.39 is 78.5 Å². The van der Waals surface area contributed by atoms with E-state index in [0.29, 0.717) is 0 Å². The Morgan fingerprint density at radius 2 is 0.889 bits per heavy atom. The lowest BCUT2D eigenvalue weighted by Gasteiger charge is -2.40. The van der Waals surface area contributed by atoms with E-state index in [1.165, 1.54) is 0 Å². The Morgan fingerprint density at radius 1 is 0.639 bits per heavy atom. The number of halogens is 15. The number of rotatable bonds is 9. The van der Waals surface area contributed by atoms with Gasteiger partial charge in [0.25, 0.3) is 0 Å². The predicted octanol–water partition coefficient (Wildman–Crippen LogP) is 4.58. The molecule has 0 heterocycles. The van der Waals surface area contributed by atoms with Gasteiger partial charge < -0.3 is 20.4 Å². The monoisotopic (exact) mass is 574 g/mol. The standard InChI is InChI=1S/C9H7F13O2.2C3H3FO2/c10-4(11,1-3(24)2-23)5(12,13)6(14,15)7(16,17)8(18,19)9(20,21)22;2*1-2(4)3(5)6/h3,23-24H,1-2H2;2*1H2,(H,5,6). The molecule has 0 spiro atoms. The molecule has 1 atom stereocenters. The van der Waals surface area contributed by atoms with Crippen molar-refractivity contribution in [3.63, 3.8) is 0 Å². The molecule has 0 aliphatic rings. The second-order valence-electron chi connectivity index (χ2n) is 5.96. The van der Waals surface area contributed by atoms with E-state index in [1.807, 2.05) is 0 Å². The molecule has 1 unspecified atom stereocenters. The maximum atomic E-state index is 13.0. The average molecular weight is 574 g/mol. The maximum absolute atomic E-state index is 13.0. The molecular weight excluding hydrogens is 561 g/mol. The van der Waals surface area contributed by atoms with Crippen LogP contribution in [-0.2, 0) is 9.59 Å². The minimum Gasteiger partial charge on any atom is -0.476 e. The lowest BCUT2D eigenvalue weighted by atomic mass is 9.91. The Bertz CT molecular complexity index is 743. The number of hydrogen-bond donors (Lipinski definition) is 4. The molecule has 0 saturated carbocycles. The number of carboxylic acids is 2. The largest absolute Gasteiger partial charge is 0.476 e. The molecule has 0 bridgehead atoms. The molecule has 0 aromatic carbocycles. The van der Waals surface area contributed by atoms with Crippen molar-refractivity contribution in [1.82, 2.24) is 0 Å². The summed E-state index contributed by atoms with van der Waals surface area (Å²) in [7, 11) is 0. The Kier molecular flexibility index (Phi) is 13.1. The number of carboxylic acid groups (broad SMARTS) is 2. The van der Waals surface area contributed by atoms with Gasteiger partial charge in [-0.2, -0.15) is 65.9 Å². The maximum Gasteiger partial charge on any atom is 0.460 e. The molecule has 0 radical (unpaired) electrons. The summed E-state index contributed by atoms with van der Waals surface area (Å²) >= 11 is 0. The van der Waals surface area contributed by atoms with Crippen LogP contribution in [0.25, 0.3) is 0 Å². The lowest BCUT2D eigenvalue weighted by molar-refractivity contribution is -0.440. The van der Waals surface area contributed by atoms with Gasteiger partial charge in [-0.15, -0.1) is 0 Å². The molecule has 0 aliphatic heterocycles. The first kappa shape index (κ1) is 37.8. The molecule has 0 fully saturated rings. The summed E-state index contributed by atoms with van der Waals surface area (Å²) < 4.78 is 186. The van der Waals surface area contributed by atoms with Gasteiger partial charge in [0.05, 0.1) is 12.7 Å². The summed E-state index contributed by atoms with van der Waals surface area (Å²) in [6.45, 7) is 3.23. The molecule has 0 saturated heterocycles. The third kappa shape index (κ3) is 8.75. The van der Waals surface area contributed by atoms with Crippen LogP contribution in [0.5, 0.6) is 0 Å². The van der Waals surface area contributed by atoms with Gasteiger partial charge in [0.2, 0.25) is 11.7 Å². The number of aliphatic carboxylic acids is 2. The molecule has 0 aromatic heterocycles. The summed E-state index contributed by atoms with van der Waals surface area (Å²) in [6.07, 6.45) is -13.2. The third-order valence-corrected chi connectivity index (χ3v) is 3.17. The zero-order valence-electron chi connectivity index (χ0n) is 16.7. The van der Waals surface area contributed by atoms with Crippen molar-refractivity contribution >= 4 is 11.9 Å². The van der Waals surface area contributed by atoms with Gasteiger partial charge in [-0.1, -0.05) is 13.2 Å². The molecule has 21 heteroatoms. The number of hydrogen-bond acceptors (Lipinski definition) is 4. The van der Waals surface area contributed by atoms with Crippen LogP contribution in [-0.4, -0.2) is 80.9 Å². The Labute approximate surface area is 188 Å². The summed E-state index contributed by atoms with van der Waals surface area (Å²) in [5, 5.41) is 31.7. The molecule has 0 amide bonds. The molecular formula is C15H13F15O6. The zero-order chi connectivity index (χ0) is 30.3. The van der Waals surface area contributed by atoms with Gasteiger partial charge in [0, 0.05) is 6.42 Å². The van der Waals surface area contributed by atoms with Gasteiger partial charge in [0.1, 0.15) is 0 Å². The fraction of sp³-hybridized carbons (Fsp3) is 0.600. The summed E-state index contributed by atoms with van der Waals surface area (Å²) in [5.74, 6) is -43.3. The van der Waals surface area contributed by atoms with Crippen LogP contribution in [0.3, 0.4) is 0 Å². The first-order chi connectivity index (χ1) is 15.5. The fourth-order valence-corrected chi connectivity index (χ4v) is 1.29. The highest BCUT2D eigenvalue weighted by molar-refractivity contribution is 5.83. The number of alkyl halides is 13. The van der Waals surface area contributed by atoms with E-state index in [4.69, 9.17) is 20.4 Å². The number of carbonyl (C=O) groups is 2. The second kappa shape index (κ2) is 12.5. The second-order valence-corrected chi connectivity index (χ2v) is 5.96. The Balaban J connectivity index is -0.000000742. The van der Waals surface area contributed by atoms with E-state index in [9.17, 15) is 75.4 Å². The quantitative estimate of drug-likeness (QED) is 0.237. The smallest absolute Gasteiger partial charge is 0.460 e. The summed E-state index contributed by atoms with van der Waals surface area (Å²) in [6, 6.07) is 0. The molecule has 36 heavy (non-hydrogen) atoms. The Morgan fingerprint density at radius 3 is 1.08 bits per heavy atom. The molecule has 4 N–H and O–H groups in total. The fourth-order valence-electron chi connectivity index (χ4n) is 1.29. The van der Waals surface area contributed by atoms with Gasteiger partial charge in [0.15, 0.2) is 0 Å². The first-order valence-corrected chi connectivity index (χ1v) is 7.89. The zero-order valence-corrected chi connectivity index (χ0v) is 16.7. The van der Waals surface area contributed by atoms with Crippen LogP contribution in [0.15, 0.2) is 24.8 Å². The predicted molar refractivity (Wildman–Crippen MR) is 84.3 cm³/mol. The third-order valence-electron chi connectivity index (χ3n) is 3.17. The minimum atomic E-state index is -7.96. The molecule has 214 valence electrons. The average Bonchev–Trinajstić information content (AvgIpc) is 2.66. The molecule has 0 aliphatic carbocycles. The van der Waals surface area contributed by atoms with E-state index >= 15 is 0 Å². The minimum absolute atomic E-state index is 1.32. The van der Waals surface area contributed by atoms with Crippen LogP contribution < -0.4 is 0 Å². The van der Waals surface area contributed by atoms with Crippen molar-refractivity contribution in [2.24, 2.45) is 0 Å². The van der Waals surface area contributed by atoms with Crippen molar-refractivity contribution in [2.75, 3.05) is 6.61 Å². The topological polar surface area (TPSA) is 115 Å². The van der Waals surface area contributed by atoms with Crippen LogP contribution in [0.1, 0.15) is 6.42 Å². The van der Waals surface area contributed by atoms with E-state index in [2.05, 4.69) is 13.2 Å². The van der Waals surface area contributed by atoms with Gasteiger partial charge >= 0.3 is 47.7 Å². The lowest BCUT2D eigenvalue weighted by Crippen LogP contribution is -2.70. The van der Waals surface area contributed by atoms with Crippen molar-refractivity contribution in [2.45, 2.75) is 48.3 Å². The van der Waals surface area contributed by atoms with Gasteiger partial charge in [-0.25, -0.2) is 9.59 Å². The van der Waals surface area contributed by atoms with Crippen LogP contribution in [0.2, 0.25) is 0 Å². The van der Waals surface area contributed by atoms with Crippen molar-refractivity contribution in [3.8, 4) is 0 Å². The highest BCUT2D eigenvalue weighted by Crippen LogP contribution is 2.60. The molecule has 0 aromatic rings. The van der Waals surface area contributed by atoms with Crippen LogP contribution >= 0.6 is 0 Å². The summed E-state index contributed by atoms with van der Waals surface area (Å²) in [4.78, 5) is 18.4. The van der Waals surface area contributed by atoms with E-state index in [1.54, 1.807) is 0 Å². The van der Waals surface area contributed by atoms with Crippen molar-refractivity contribution in [1.29, 1.82) is 0 Å². The van der Waals surface area contributed by atoms with Crippen molar-refractivity contribution in [3.05, 3.63) is 24.8 Å². The Hall–Kier alpha value is -2.71. The summed E-state index contributed by atoms with van der Waals surface area (Å²) in [5.41, 5.74) is 0. The molecule has 0 rings (SSSR count). The van der Waals surface area contributed by atoms with Gasteiger partial charge in [-0.3, -0.25) is 0 Å². The highest BCUT2D eigenvalue weighted by atomic mass is 19.4. The molecule has 6 nitrogen and oxygen atoms in total. The van der Waals surface area contributed by atoms with Gasteiger partial charge in [-0.05, 0) is 0 Å². The SMILES string of the molecule is C=C(F)C(=O)O.C=C(F)C(=O)O.OCC(O)CC(F)(F)C(F)(F)C(F)(F)C(F)(F)C(F)(F)C(F)(F)F. The normalized spacial score (nSPS) is 13.9. The first-order valence-electron chi connectivity index (χ1n) is 7.89. The van der Waals surface area contributed by atoms with Crippen LogP contribution in [0.4, 0.5) is 65.9 Å². The highest BCUT2D eigenvalue weighted by Gasteiger charge is 2.90. The van der Waals surface area contributed by atoms with Crippen LogP contribution in [0, 0.1) is 0 Å². The number of aliphatic hydroxyl groups is 2. The van der Waals surface area contributed by atoms with E-state index in [-0.39, 0.29) is 0 Å². The number of aliphatic hydroxyl groups excluding tert-OH is 2. The van der Waals surface area contributed by atoms with Crippen molar-refractivity contribution < 1.29 is 95.9 Å².